The van der Waals surface area contributed by atoms with Crippen molar-refractivity contribution < 1.29 is 9.47 Å². The number of piperidine rings is 1. The van der Waals surface area contributed by atoms with Gasteiger partial charge in [0, 0.05) is 33.4 Å². The van der Waals surface area contributed by atoms with Gasteiger partial charge in [0.2, 0.25) is 0 Å². The van der Waals surface area contributed by atoms with E-state index in [4.69, 9.17) is 9.47 Å². The Morgan fingerprint density at radius 1 is 1.22 bits per heavy atom. The Bertz CT molecular complexity index is 194. The number of rotatable bonds is 9. The molecule has 1 heterocycles. The lowest BCUT2D eigenvalue weighted by Crippen LogP contribution is -2.49. The van der Waals surface area contributed by atoms with Gasteiger partial charge in [-0.1, -0.05) is 6.92 Å². The molecule has 0 aromatic carbocycles. The molecule has 0 amide bonds. The molecule has 1 rings (SSSR count). The lowest BCUT2D eigenvalue weighted by atomic mass is 9.96. The van der Waals surface area contributed by atoms with Crippen LogP contribution in [0.4, 0.5) is 0 Å². The maximum absolute atomic E-state index is 5.36. The van der Waals surface area contributed by atoms with Crippen molar-refractivity contribution in [3.05, 3.63) is 0 Å². The lowest BCUT2D eigenvalue weighted by molar-refractivity contribution is 0.0462. The van der Waals surface area contributed by atoms with Gasteiger partial charge in [-0.15, -0.1) is 0 Å². The molecule has 0 aromatic heterocycles. The number of hydrogen-bond acceptors (Lipinski definition) is 4. The molecule has 0 spiro atoms. The Labute approximate surface area is 112 Å². The fraction of sp³-hybridized carbons (Fsp3) is 1.00. The van der Waals surface area contributed by atoms with Gasteiger partial charge in [0.25, 0.3) is 0 Å². The molecule has 1 aliphatic rings. The van der Waals surface area contributed by atoms with Crippen LogP contribution in [0.5, 0.6) is 0 Å². The average molecular weight is 258 g/mol. The Hall–Kier alpha value is -0.160. The molecule has 108 valence electrons. The number of nitrogens with one attached hydrogen (secondary N) is 1. The zero-order valence-corrected chi connectivity index (χ0v) is 12.3. The first-order valence-corrected chi connectivity index (χ1v) is 7.24. The molecule has 0 aromatic rings. The fourth-order valence-corrected chi connectivity index (χ4v) is 2.65. The predicted molar refractivity (Wildman–Crippen MR) is 75.0 cm³/mol. The molecule has 1 saturated heterocycles. The maximum atomic E-state index is 5.36. The van der Waals surface area contributed by atoms with Crippen molar-refractivity contribution in [3.63, 3.8) is 0 Å². The van der Waals surface area contributed by atoms with Crippen LogP contribution in [-0.4, -0.2) is 64.6 Å². The molecule has 1 unspecified atom stereocenters. The highest BCUT2D eigenvalue weighted by Gasteiger charge is 2.24. The zero-order valence-electron chi connectivity index (χ0n) is 12.3. The van der Waals surface area contributed by atoms with Gasteiger partial charge >= 0.3 is 0 Å². The minimum absolute atomic E-state index is 0.519. The molecular formula is C14H30N2O2. The number of ether oxygens (including phenoxy) is 2. The van der Waals surface area contributed by atoms with E-state index in [9.17, 15) is 0 Å². The van der Waals surface area contributed by atoms with E-state index in [2.05, 4.69) is 17.1 Å². The smallest absolute Gasteiger partial charge is 0.0630 e. The summed E-state index contributed by atoms with van der Waals surface area (Å²) in [5, 5.41) is 3.51. The monoisotopic (exact) mass is 258 g/mol. The minimum atomic E-state index is 0.519. The number of methoxy groups -OCH3 is 2. The largest absolute Gasteiger partial charge is 0.384 e. The average Bonchev–Trinajstić information content (AvgIpc) is 2.39. The second-order valence-electron chi connectivity index (χ2n) is 5.25. The highest BCUT2D eigenvalue weighted by Crippen LogP contribution is 2.19. The van der Waals surface area contributed by atoms with Gasteiger partial charge in [0.05, 0.1) is 6.61 Å². The standard InChI is InChI=1S/C14H30N2O2/c1-4-7-15-10-14(12-18-3)16-8-5-13(6-9-16)11-17-2/h13-15H,4-12H2,1-3H3. The van der Waals surface area contributed by atoms with Crippen LogP contribution >= 0.6 is 0 Å². The van der Waals surface area contributed by atoms with Crippen LogP contribution in [0.25, 0.3) is 0 Å². The molecule has 4 nitrogen and oxygen atoms in total. The summed E-state index contributed by atoms with van der Waals surface area (Å²) < 4.78 is 10.6. The predicted octanol–water partition coefficient (Wildman–Crippen LogP) is 1.36. The third-order valence-corrected chi connectivity index (χ3v) is 3.73. The van der Waals surface area contributed by atoms with Gasteiger partial charge in [0.15, 0.2) is 0 Å². The zero-order chi connectivity index (χ0) is 13.2. The number of nitrogens with zero attached hydrogens (tertiary/aromatic N) is 1. The number of hydrogen-bond donors (Lipinski definition) is 1. The second kappa shape index (κ2) is 9.73. The first kappa shape index (κ1) is 15.9. The summed E-state index contributed by atoms with van der Waals surface area (Å²) in [6.07, 6.45) is 3.69. The van der Waals surface area contributed by atoms with Crippen LogP contribution in [0.3, 0.4) is 0 Å². The summed E-state index contributed by atoms with van der Waals surface area (Å²) in [5.74, 6) is 0.748. The van der Waals surface area contributed by atoms with Gasteiger partial charge < -0.3 is 14.8 Å². The summed E-state index contributed by atoms with van der Waals surface area (Å²) >= 11 is 0. The van der Waals surface area contributed by atoms with Crippen LogP contribution in [0, 0.1) is 5.92 Å². The highest BCUT2D eigenvalue weighted by atomic mass is 16.5. The maximum Gasteiger partial charge on any atom is 0.0630 e. The van der Waals surface area contributed by atoms with E-state index >= 15 is 0 Å². The fourth-order valence-electron chi connectivity index (χ4n) is 2.65. The molecule has 1 N–H and O–H groups in total. The second-order valence-corrected chi connectivity index (χ2v) is 5.25. The third-order valence-electron chi connectivity index (χ3n) is 3.73. The summed E-state index contributed by atoms with van der Waals surface area (Å²) in [6, 6.07) is 0.519. The van der Waals surface area contributed by atoms with Crippen molar-refractivity contribution in [3.8, 4) is 0 Å². The Kier molecular flexibility index (Phi) is 8.59. The third kappa shape index (κ3) is 5.65. The Balaban J connectivity index is 2.30. The number of likely N-dealkylation sites (tertiary alicyclic amines) is 1. The lowest BCUT2D eigenvalue weighted by Gasteiger charge is -2.37. The molecule has 0 bridgehead atoms. The van der Waals surface area contributed by atoms with Gasteiger partial charge in [-0.05, 0) is 44.8 Å². The van der Waals surface area contributed by atoms with Gasteiger partial charge in [-0.3, -0.25) is 4.90 Å². The summed E-state index contributed by atoms with van der Waals surface area (Å²) in [6.45, 7) is 8.43. The van der Waals surface area contributed by atoms with Crippen molar-refractivity contribution in [1.82, 2.24) is 10.2 Å². The topological polar surface area (TPSA) is 33.7 Å². The van der Waals surface area contributed by atoms with Crippen LogP contribution in [0.1, 0.15) is 26.2 Å². The van der Waals surface area contributed by atoms with E-state index in [1.807, 2.05) is 0 Å². The van der Waals surface area contributed by atoms with Crippen LogP contribution < -0.4 is 5.32 Å². The van der Waals surface area contributed by atoms with E-state index in [0.29, 0.717) is 6.04 Å². The first-order valence-electron chi connectivity index (χ1n) is 7.24. The van der Waals surface area contributed by atoms with E-state index < -0.39 is 0 Å². The Morgan fingerprint density at radius 2 is 1.94 bits per heavy atom. The molecule has 0 saturated carbocycles. The van der Waals surface area contributed by atoms with E-state index in [1.165, 1.54) is 32.4 Å². The Morgan fingerprint density at radius 3 is 2.50 bits per heavy atom. The van der Waals surface area contributed by atoms with Crippen molar-refractivity contribution in [2.24, 2.45) is 5.92 Å². The van der Waals surface area contributed by atoms with Crippen molar-refractivity contribution in [2.45, 2.75) is 32.2 Å². The molecule has 1 atom stereocenters. The molecule has 1 fully saturated rings. The molecule has 4 heteroatoms. The van der Waals surface area contributed by atoms with Gasteiger partial charge in [-0.25, -0.2) is 0 Å². The van der Waals surface area contributed by atoms with Gasteiger partial charge in [-0.2, -0.15) is 0 Å². The molecule has 1 aliphatic heterocycles. The summed E-state index contributed by atoms with van der Waals surface area (Å²) in [5.41, 5.74) is 0. The van der Waals surface area contributed by atoms with Crippen molar-refractivity contribution in [2.75, 3.05) is 53.6 Å². The highest BCUT2D eigenvalue weighted by molar-refractivity contribution is 4.79. The summed E-state index contributed by atoms with van der Waals surface area (Å²) in [7, 11) is 3.60. The van der Waals surface area contributed by atoms with Crippen molar-refractivity contribution in [1.29, 1.82) is 0 Å². The van der Waals surface area contributed by atoms with Crippen molar-refractivity contribution >= 4 is 0 Å². The van der Waals surface area contributed by atoms with E-state index in [1.54, 1.807) is 14.2 Å². The van der Waals surface area contributed by atoms with Crippen LogP contribution in [0.2, 0.25) is 0 Å². The van der Waals surface area contributed by atoms with Crippen LogP contribution in [0.15, 0.2) is 0 Å². The van der Waals surface area contributed by atoms with Gasteiger partial charge in [0.1, 0.15) is 0 Å². The first-order chi connectivity index (χ1) is 8.81. The summed E-state index contributed by atoms with van der Waals surface area (Å²) in [4.78, 5) is 2.57. The minimum Gasteiger partial charge on any atom is -0.384 e. The quantitative estimate of drug-likeness (QED) is 0.633. The molecule has 0 radical (unpaired) electrons. The molecule has 0 aliphatic carbocycles. The SMILES string of the molecule is CCCNCC(COC)N1CCC(COC)CC1. The normalized spacial score (nSPS) is 20.2. The molecule has 18 heavy (non-hydrogen) atoms. The van der Waals surface area contributed by atoms with E-state index in [0.717, 1.165) is 32.2 Å². The van der Waals surface area contributed by atoms with Crippen LogP contribution in [-0.2, 0) is 9.47 Å². The van der Waals surface area contributed by atoms with E-state index in [-0.39, 0.29) is 0 Å². The molecular weight excluding hydrogens is 228 g/mol.